The zero-order chi connectivity index (χ0) is 18.5. The number of carbonyl (C=O) groups excluding carboxylic acids is 1. The van der Waals surface area contributed by atoms with Gasteiger partial charge in [0.15, 0.2) is 5.82 Å². The van der Waals surface area contributed by atoms with Gasteiger partial charge in [-0.15, -0.1) is 0 Å². The molecule has 0 spiro atoms. The molecule has 1 saturated carbocycles. The van der Waals surface area contributed by atoms with Gasteiger partial charge < -0.3 is 10.6 Å². The molecule has 2 aromatic heterocycles. The van der Waals surface area contributed by atoms with Gasteiger partial charge in [-0.2, -0.15) is 5.10 Å². The van der Waals surface area contributed by atoms with E-state index in [0.29, 0.717) is 22.8 Å². The Morgan fingerprint density at radius 2 is 2.00 bits per heavy atom. The van der Waals surface area contributed by atoms with Crippen LogP contribution in [0.3, 0.4) is 0 Å². The summed E-state index contributed by atoms with van der Waals surface area (Å²) in [6.45, 7) is 1.53. The number of aromatic nitrogens is 4. The maximum absolute atomic E-state index is 12.5. The van der Waals surface area contributed by atoms with Gasteiger partial charge in [0.25, 0.3) is 12.3 Å². The summed E-state index contributed by atoms with van der Waals surface area (Å²) in [5.74, 6) is 0.202. The average molecular weight is 364 g/mol. The molecule has 0 saturated heterocycles. The number of nitrogens with zero attached hydrogens (tertiary/aromatic N) is 3. The first-order valence-electron chi connectivity index (χ1n) is 8.68. The van der Waals surface area contributed by atoms with Crippen molar-refractivity contribution >= 4 is 5.91 Å². The molecule has 3 rings (SSSR count). The highest BCUT2D eigenvalue weighted by atomic mass is 19.3. The van der Waals surface area contributed by atoms with Crippen molar-refractivity contribution in [2.24, 2.45) is 0 Å². The fraction of sp³-hybridized carbons (Fsp3) is 0.529. The predicted molar refractivity (Wildman–Crippen MR) is 91.9 cm³/mol. The molecule has 26 heavy (non-hydrogen) atoms. The zero-order valence-electron chi connectivity index (χ0n) is 14.5. The van der Waals surface area contributed by atoms with Crippen molar-refractivity contribution < 1.29 is 13.6 Å². The van der Waals surface area contributed by atoms with Crippen molar-refractivity contribution in [3.8, 4) is 11.4 Å². The van der Waals surface area contributed by atoms with Gasteiger partial charge in [-0.1, -0.05) is 0 Å². The van der Waals surface area contributed by atoms with Crippen molar-refractivity contribution in [3.05, 3.63) is 29.8 Å². The van der Waals surface area contributed by atoms with Gasteiger partial charge in [-0.25, -0.2) is 18.7 Å². The second kappa shape index (κ2) is 8.31. The number of rotatable bonds is 6. The summed E-state index contributed by atoms with van der Waals surface area (Å²) in [6.07, 6.45) is 3.98. The molecule has 9 heteroatoms. The number of amides is 1. The summed E-state index contributed by atoms with van der Waals surface area (Å²) in [7, 11) is 0. The number of halogens is 2. The normalized spacial score (nSPS) is 20.3. The van der Waals surface area contributed by atoms with Crippen LogP contribution in [-0.2, 0) is 0 Å². The van der Waals surface area contributed by atoms with Crippen LogP contribution in [0, 0.1) is 6.92 Å². The third-order valence-electron chi connectivity index (χ3n) is 4.47. The third kappa shape index (κ3) is 4.81. The minimum absolute atomic E-state index is 0.0275. The Bertz CT molecular complexity index is 729. The summed E-state index contributed by atoms with van der Waals surface area (Å²) in [5.41, 5.74) is 1.72. The van der Waals surface area contributed by atoms with E-state index in [1.54, 1.807) is 18.5 Å². The summed E-state index contributed by atoms with van der Waals surface area (Å²) in [5, 5.41) is 12.4. The van der Waals surface area contributed by atoms with Crippen LogP contribution in [0.4, 0.5) is 8.78 Å². The Balaban J connectivity index is 1.57. The summed E-state index contributed by atoms with van der Waals surface area (Å²) in [4.78, 5) is 21.2. The fourth-order valence-corrected chi connectivity index (χ4v) is 3.14. The quantitative estimate of drug-likeness (QED) is 0.729. The SMILES string of the molecule is Cc1cc(C(=O)N[C@H]2CC[C@H](NCC(F)F)CC2)nc(-c2cn[nH]c2)n1. The highest BCUT2D eigenvalue weighted by Gasteiger charge is 2.24. The minimum Gasteiger partial charge on any atom is -0.348 e. The molecule has 3 N–H and O–H groups in total. The third-order valence-corrected chi connectivity index (χ3v) is 4.47. The lowest BCUT2D eigenvalue weighted by molar-refractivity contribution is 0.0917. The molecule has 0 aromatic carbocycles. The topological polar surface area (TPSA) is 95.6 Å². The Kier molecular flexibility index (Phi) is 5.87. The number of H-pyrrole nitrogens is 1. The number of carbonyl (C=O) groups is 1. The number of hydrogen-bond donors (Lipinski definition) is 3. The summed E-state index contributed by atoms with van der Waals surface area (Å²) >= 11 is 0. The van der Waals surface area contributed by atoms with Crippen LogP contribution in [-0.4, -0.2) is 51.1 Å². The van der Waals surface area contributed by atoms with E-state index in [1.165, 1.54) is 0 Å². The Morgan fingerprint density at radius 3 is 2.65 bits per heavy atom. The molecule has 140 valence electrons. The number of aromatic amines is 1. The first-order valence-corrected chi connectivity index (χ1v) is 8.68. The van der Waals surface area contributed by atoms with E-state index in [4.69, 9.17) is 0 Å². The first-order chi connectivity index (χ1) is 12.5. The Hall–Kier alpha value is -2.42. The number of aryl methyl sites for hydroxylation is 1. The molecule has 2 heterocycles. The zero-order valence-corrected chi connectivity index (χ0v) is 14.5. The minimum atomic E-state index is -2.34. The molecule has 0 bridgehead atoms. The maximum atomic E-state index is 12.5. The van der Waals surface area contributed by atoms with Crippen molar-refractivity contribution in [2.75, 3.05) is 6.54 Å². The van der Waals surface area contributed by atoms with Gasteiger partial charge in [0.1, 0.15) is 5.69 Å². The number of hydrogen-bond acceptors (Lipinski definition) is 5. The van der Waals surface area contributed by atoms with Crippen LogP contribution < -0.4 is 10.6 Å². The van der Waals surface area contributed by atoms with E-state index >= 15 is 0 Å². The molecule has 2 aromatic rings. The van der Waals surface area contributed by atoms with Crippen LogP contribution in [0.5, 0.6) is 0 Å². The van der Waals surface area contributed by atoms with Crippen molar-refractivity contribution in [1.82, 2.24) is 30.8 Å². The van der Waals surface area contributed by atoms with Crippen LogP contribution in [0.2, 0.25) is 0 Å². The fourth-order valence-electron chi connectivity index (χ4n) is 3.14. The van der Waals surface area contributed by atoms with Gasteiger partial charge in [0.05, 0.1) is 18.3 Å². The predicted octanol–water partition coefficient (Wildman–Crippen LogP) is 2.07. The Labute approximate surface area is 150 Å². The van der Waals surface area contributed by atoms with E-state index in [9.17, 15) is 13.6 Å². The van der Waals surface area contributed by atoms with Gasteiger partial charge in [0.2, 0.25) is 0 Å². The van der Waals surface area contributed by atoms with Crippen LogP contribution in [0.1, 0.15) is 41.9 Å². The van der Waals surface area contributed by atoms with Gasteiger partial charge in [-0.05, 0) is 38.7 Å². The number of nitrogens with one attached hydrogen (secondary N) is 3. The second-order valence-electron chi connectivity index (χ2n) is 6.53. The van der Waals surface area contributed by atoms with E-state index < -0.39 is 6.43 Å². The van der Waals surface area contributed by atoms with Crippen LogP contribution >= 0.6 is 0 Å². The van der Waals surface area contributed by atoms with Crippen molar-refractivity contribution in [1.29, 1.82) is 0 Å². The molecule has 1 amide bonds. The second-order valence-corrected chi connectivity index (χ2v) is 6.53. The Morgan fingerprint density at radius 1 is 1.27 bits per heavy atom. The highest BCUT2D eigenvalue weighted by Crippen LogP contribution is 2.20. The lowest BCUT2D eigenvalue weighted by atomic mass is 9.91. The standard InChI is InChI=1S/C17H22F2N6O/c1-10-6-14(25-16(23-10)11-7-21-22-8-11)17(26)24-13-4-2-12(3-5-13)20-9-15(18)19/h6-8,12-13,15,20H,2-5,9H2,1H3,(H,21,22)(H,24,26)/t12-,13-. The van der Waals surface area contributed by atoms with Crippen molar-refractivity contribution in [2.45, 2.75) is 51.1 Å². The molecule has 7 nitrogen and oxygen atoms in total. The van der Waals surface area contributed by atoms with Crippen LogP contribution in [0.15, 0.2) is 18.5 Å². The smallest absolute Gasteiger partial charge is 0.270 e. The molecule has 1 aliphatic carbocycles. The molecule has 0 aliphatic heterocycles. The first kappa shape index (κ1) is 18.4. The summed E-state index contributed by atoms with van der Waals surface area (Å²) in [6, 6.07) is 1.76. The van der Waals surface area contributed by atoms with Gasteiger partial charge in [-0.3, -0.25) is 9.89 Å². The maximum Gasteiger partial charge on any atom is 0.270 e. The van der Waals surface area contributed by atoms with Gasteiger partial charge >= 0.3 is 0 Å². The highest BCUT2D eigenvalue weighted by molar-refractivity contribution is 5.93. The largest absolute Gasteiger partial charge is 0.348 e. The molecule has 0 radical (unpaired) electrons. The molecular weight excluding hydrogens is 342 g/mol. The molecule has 1 aliphatic rings. The van der Waals surface area contributed by atoms with E-state index in [-0.39, 0.29) is 24.5 Å². The molecule has 1 fully saturated rings. The number of alkyl halides is 2. The van der Waals surface area contributed by atoms with E-state index in [1.807, 2.05) is 6.92 Å². The van der Waals surface area contributed by atoms with Crippen molar-refractivity contribution in [3.63, 3.8) is 0 Å². The monoisotopic (exact) mass is 364 g/mol. The lowest BCUT2D eigenvalue weighted by Crippen LogP contribution is -2.43. The molecular formula is C17H22F2N6O. The average Bonchev–Trinajstić information content (AvgIpc) is 3.15. The van der Waals surface area contributed by atoms with E-state index in [2.05, 4.69) is 30.8 Å². The lowest BCUT2D eigenvalue weighted by Gasteiger charge is -2.29. The van der Waals surface area contributed by atoms with Crippen LogP contribution in [0.25, 0.3) is 11.4 Å². The molecule has 0 atom stereocenters. The summed E-state index contributed by atoms with van der Waals surface area (Å²) < 4.78 is 24.5. The molecule has 0 unspecified atom stereocenters. The van der Waals surface area contributed by atoms with E-state index in [0.717, 1.165) is 25.7 Å². The van der Waals surface area contributed by atoms with Gasteiger partial charge in [0, 0.05) is 24.0 Å².